The van der Waals surface area contributed by atoms with Crippen LogP contribution in [-0.2, 0) is 9.59 Å². The van der Waals surface area contributed by atoms with Crippen LogP contribution >= 0.6 is 11.6 Å². The van der Waals surface area contributed by atoms with Crippen molar-refractivity contribution in [3.05, 3.63) is 23.2 Å². The predicted molar refractivity (Wildman–Crippen MR) is 60.0 cm³/mol. The van der Waals surface area contributed by atoms with Crippen molar-refractivity contribution >= 4 is 29.0 Å². The topological polar surface area (TPSA) is 46.6 Å². The fraction of sp³-hybridized carbons (Fsp3) is 0.273. The van der Waals surface area contributed by atoms with Crippen molar-refractivity contribution in [2.75, 3.05) is 18.6 Å². The van der Waals surface area contributed by atoms with Crippen LogP contribution < -0.4 is 9.64 Å². The molecule has 2 rings (SSSR count). The number of hydrogen-bond acceptors (Lipinski definition) is 3. The van der Waals surface area contributed by atoms with Gasteiger partial charge < -0.3 is 9.64 Å². The highest BCUT2D eigenvalue weighted by molar-refractivity contribution is 6.43. The molecular weight excluding hydrogens is 230 g/mol. The van der Waals surface area contributed by atoms with Crippen molar-refractivity contribution in [1.29, 1.82) is 0 Å². The summed E-state index contributed by atoms with van der Waals surface area (Å²) in [6.45, 7) is 0.419. The first-order chi connectivity index (χ1) is 7.63. The van der Waals surface area contributed by atoms with Gasteiger partial charge in [0.15, 0.2) is 0 Å². The largest absolute Gasteiger partial charge is 0.495 e. The van der Waals surface area contributed by atoms with Gasteiger partial charge in [-0.2, -0.15) is 0 Å². The average molecular weight is 240 g/mol. The number of nitrogens with zero attached hydrogens (tertiary/aromatic N) is 1. The summed E-state index contributed by atoms with van der Waals surface area (Å²) < 4.78 is 5.05. The van der Waals surface area contributed by atoms with Crippen LogP contribution in [0.1, 0.15) is 6.42 Å². The summed E-state index contributed by atoms with van der Waals surface area (Å²) in [4.78, 5) is 24.1. The minimum absolute atomic E-state index is 0.268. The molecule has 1 fully saturated rings. The van der Waals surface area contributed by atoms with E-state index in [1.54, 1.807) is 18.2 Å². The fourth-order valence-electron chi connectivity index (χ4n) is 1.64. The molecule has 0 aliphatic carbocycles. The van der Waals surface area contributed by atoms with Gasteiger partial charge in [-0.05, 0) is 12.1 Å². The van der Waals surface area contributed by atoms with Crippen molar-refractivity contribution in [3.63, 3.8) is 0 Å². The summed E-state index contributed by atoms with van der Waals surface area (Å²) in [5.41, 5.74) is 0.636. The standard InChI is InChI=1S/C11H10ClNO3/c1-16-10-6-7(2-3-8(10)12)13-5-4-9(14)11(13)15/h2-3,6H,4-5H2,1H3. The maximum Gasteiger partial charge on any atom is 0.294 e. The second-order valence-electron chi connectivity index (χ2n) is 3.45. The zero-order chi connectivity index (χ0) is 11.7. The zero-order valence-corrected chi connectivity index (χ0v) is 9.45. The summed E-state index contributed by atoms with van der Waals surface area (Å²) in [5, 5.41) is 0.476. The highest BCUT2D eigenvalue weighted by Gasteiger charge is 2.30. The summed E-state index contributed by atoms with van der Waals surface area (Å²) in [7, 11) is 1.50. The molecular formula is C11H10ClNO3. The Hall–Kier alpha value is -1.55. The quantitative estimate of drug-likeness (QED) is 0.738. The van der Waals surface area contributed by atoms with Gasteiger partial charge >= 0.3 is 0 Å². The molecule has 1 aromatic rings. The number of Topliss-reactive ketones (excluding diaryl/α,β-unsaturated/α-hetero) is 1. The van der Waals surface area contributed by atoms with E-state index < -0.39 is 5.91 Å². The maximum absolute atomic E-state index is 11.5. The van der Waals surface area contributed by atoms with Crippen LogP contribution in [0.4, 0.5) is 5.69 Å². The smallest absolute Gasteiger partial charge is 0.294 e. The number of ether oxygens (including phenoxy) is 1. The minimum Gasteiger partial charge on any atom is -0.495 e. The lowest BCUT2D eigenvalue weighted by molar-refractivity contribution is -0.133. The van der Waals surface area contributed by atoms with Gasteiger partial charge in [0, 0.05) is 24.7 Å². The second-order valence-corrected chi connectivity index (χ2v) is 3.86. The van der Waals surface area contributed by atoms with E-state index in [9.17, 15) is 9.59 Å². The molecule has 1 saturated heterocycles. The van der Waals surface area contributed by atoms with E-state index >= 15 is 0 Å². The molecule has 0 aromatic heterocycles. The van der Waals surface area contributed by atoms with Crippen LogP contribution in [0.25, 0.3) is 0 Å². The molecule has 0 radical (unpaired) electrons. The summed E-state index contributed by atoms with van der Waals surface area (Å²) >= 11 is 5.87. The van der Waals surface area contributed by atoms with Crippen molar-refractivity contribution < 1.29 is 14.3 Å². The number of carbonyl (C=O) groups is 2. The van der Waals surface area contributed by atoms with Crippen molar-refractivity contribution in [1.82, 2.24) is 0 Å². The molecule has 16 heavy (non-hydrogen) atoms. The molecule has 1 heterocycles. The molecule has 0 atom stereocenters. The number of halogens is 1. The molecule has 0 spiro atoms. The molecule has 4 nitrogen and oxygen atoms in total. The van der Waals surface area contributed by atoms with Crippen LogP contribution in [0.2, 0.25) is 5.02 Å². The maximum atomic E-state index is 11.5. The van der Waals surface area contributed by atoms with Gasteiger partial charge in [0.05, 0.1) is 12.1 Å². The van der Waals surface area contributed by atoms with Gasteiger partial charge in [0.1, 0.15) is 5.75 Å². The Morgan fingerprint density at radius 3 is 2.69 bits per heavy atom. The zero-order valence-electron chi connectivity index (χ0n) is 8.70. The van der Waals surface area contributed by atoms with E-state index in [1.807, 2.05) is 0 Å². The van der Waals surface area contributed by atoms with Crippen LogP contribution in [0.15, 0.2) is 18.2 Å². The number of methoxy groups -OCH3 is 1. The third-order valence-corrected chi connectivity index (χ3v) is 2.80. The SMILES string of the molecule is COc1cc(N2CCC(=O)C2=O)ccc1Cl. The lowest BCUT2D eigenvalue weighted by atomic mass is 10.2. The van der Waals surface area contributed by atoms with Gasteiger partial charge in [-0.25, -0.2) is 0 Å². The first-order valence-electron chi connectivity index (χ1n) is 4.81. The molecule has 0 saturated carbocycles. The van der Waals surface area contributed by atoms with Crippen LogP contribution in [0.3, 0.4) is 0 Å². The van der Waals surface area contributed by atoms with Crippen molar-refractivity contribution in [2.24, 2.45) is 0 Å². The van der Waals surface area contributed by atoms with Gasteiger partial charge in [0.2, 0.25) is 5.78 Å². The molecule has 0 bridgehead atoms. The average Bonchev–Trinajstić information content (AvgIpc) is 2.61. The van der Waals surface area contributed by atoms with Crippen molar-refractivity contribution in [2.45, 2.75) is 6.42 Å². The van der Waals surface area contributed by atoms with E-state index in [2.05, 4.69) is 0 Å². The number of hydrogen-bond donors (Lipinski definition) is 0. The molecule has 0 unspecified atom stereocenters. The molecule has 1 aliphatic heterocycles. The van der Waals surface area contributed by atoms with Crippen LogP contribution in [0, 0.1) is 0 Å². The van der Waals surface area contributed by atoms with E-state index in [-0.39, 0.29) is 12.2 Å². The number of carbonyl (C=O) groups excluding carboxylic acids is 2. The molecule has 1 aromatic carbocycles. The highest BCUT2D eigenvalue weighted by Crippen LogP contribution is 2.30. The van der Waals surface area contributed by atoms with Crippen LogP contribution in [0.5, 0.6) is 5.75 Å². The Bertz CT molecular complexity index is 459. The summed E-state index contributed by atoms with van der Waals surface area (Å²) in [6.07, 6.45) is 0.268. The second kappa shape index (κ2) is 4.14. The molecule has 84 valence electrons. The monoisotopic (exact) mass is 239 g/mol. The van der Waals surface area contributed by atoms with E-state index in [0.29, 0.717) is 23.0 Å². The Morgan fingerprint density at radius 1 is 1.38 bits per heavy atom. The minimum atomic E-state index is -0.468. The first-order valence-corrected chi connectivity index (χ1v) is 5.19. The highest BCUT2D eigenvalue weighted by atomic mass is 35.5. The molecule has 0 N–H and O–H groups in total. The number of amides is 1. The first kappa shape index (κ1) is 11.0. The van der Waals surface area contributed by atoms with Gasteiger partial charge in [0.25, 0.3) is 5.91 Å². The normalized spacial score (nSPS) is 15.8. The lowest BCUT2D eigenvalue weighted by Gasteiger charge is -2.15. The summed E-state index contributed by atoms with van der Waals surface area (Å²) in [5.74, 6) is -0.329. The number of rotatable bonds is 2. The van der Waals surface area contributed by atoms with E-state index in [1.165, 1.54) is 12.0 Å². The Balaban J connectivity index is 2.34. The van der Waals surface area contributed by atoms with Crippen LogP contribution in [-0.4, -0.2) is 25.3 Å². The number of anilines is 1. The molecule has 5 heteroatoms. The van der Waals surface area contributed by atoms with E-state index in [4.69, 9.17) is 16.3 Å². The Morgan fingerprint density at radius 2 is 2.12 bits per heavy atom. The van der Waals surface area contributed by atoms with Crippen molar-refractivity contribution in [3.8, 4) is 5.75 Å². The van der Waals surface area contributed by atoms with Gasteiger partial charge in [-0.15, -0.1) is 0 Å². The third-order valence-electron chi connectivity index (χ3n) is 2.49. The molecule has 1 aliphatic rings. The number of benzene rings is 1. The van der Waals surface area contributed by atoms with Gasteiger partial charge in [-0.1, -0.05) is 11.6 Å². The summed E-state index contributed by atoms with van der Waals surface area (Å²) in [6, 6.07) is 4.99. The molecule has 1 amide bonds. The van der Waals surface area contributed by atoms with E-state index in [0.717, 1.165) is 0 Å². The van der Waals surface area contributed by atoms with Gasteiger partial charge in [-0.3, -0.25) is 9.59 Å². The predicted octanol–water partition coefficient (Wildman–Crippen LogP) is 1.65. The number of ketones is 1. The Kier molecular flexibility index (Phi) is 2.83. The lowest BCUT2D eigenvalue weighted by Crippen LogP contribution is -2.26. The third kappa shape index (κ3) is 1.76. The Labute approximate surface area is 97.7 Å². The fourth-order valence-corrected chi connectivity index (χ4v) is 1.83.